The lowest BCUT2D eigenvalue weighted by Crippen LogP contribution is -1.98. The number of aromatic nitrogens is 2. The molecule has 1 heterocycles. The summed E-state index contributed by atoms with van der Waals surface area (Å²) in [5, 5.41) is 5.05. The molecule has 0 unspecified atom stereocenters. The predicted molar refractivity (Wildman–Crippen MR) is 80.7 cm³/mol. The van der Waals surface area contributed by atoms with Crippen molar-refractivity contribution in [2.45, 2.75) is 26.3 Å². The summed E-state index contributed by atoms with van der Waals surface area (Å²) in [4.78, 5) is 11.2. The van der Waals surface area contributed by atoms with Gasteiger partial charge in [-0.1, -0.05) is 46.9 Å². The minimum atomic E-state index is 0.570. The van der Waals surface area contributed by atoms with Crippen molar-refractivity contribution in [1.29, 1.82) is 0 Å². The van der Waals surface area contributed by atoms with Crippen LogP contribution in [0.1, 0.15) is 30.1 Å². The monoisotopic (exact) mass is 340 g/mol. The molecule has 0 fully saturated rings. The maximum absolute atomic E-state index is 11.2. The highest BCUT2D eigenvalue weighted by molar-refractivity contribution is 9.10. The maximum atomic E-state index is 11.2. The Balaban J connectivity index is 2.42. The molecule has 0 bridgehead atoms. The molecule has 0 aliphatic carbocycles. The van der Waals surface area contributed by atoms with Crippen LogP contribution in [0, 0.1) is 0 Å². The molecular formula is C14H14BrClN2O. The second-order valence-electron chi connectivity index (χ2n) is 4.29. The first-order chi connectivity index (χ1) is 9.15. The van der Waals surface area contributed by atoms with E-state index in [1.165, 1.54) is 0 Å². The van der Waals surface area contributed by atoms with Gasteiger partial charge in [-0.2, -0.15) is 5.10 Å². The number of unbranched alkanes of at least 4 members (excludes halogenated alkanes) is 1. The van der Waals surface area contributed by atoms with Gasteiger partial charge in [0.15, 0.2) is 6.29 Å². The maximum Gasteiger partial charge on any atom is 0.153 e. The summed E-state index contributed by atoms with van der Waals surface area (Å²) < 4.78 is 2.71. The summed E-state index contributed by atoms with van der Waals surface area (Å²) in [6, 6.07) is 5.56. The van der Waals surface area contributed by atoms with E-state index in [0.717, 1.165) is 35.7 Å². The van der Waals surface area contributed by atoms with Crippen LogP contribution >= 0.6 is 27.5 Å². The van der Waals surface area contributed by atoms with Gasteiger partial charge in [-0.25, -0.2) is 0 Å². The van der Waals surface area contributed by atoms with Crippen molar-refractivity contribution in [3.8, 4) is 11.3 Å². The van der Waals surface area contributed by atoms with Crippen LogP contribution in [0.2, 0.25) is 5.02 Å². The number of carbonyl (C=O) groups is 1. The molecule has 0 atom stereocenters. The number of aryl methyl sites for hydroxylation is 1. The van der Waals surface area contributed by atoms with Crippen molar-refractivity contribution in [2.75, 3.05) is 0 Å². The van der Waals surface area contributed by atoms with Gasteiger partial charge in [0.25, 0.3) is 0 Å². The first-order valence-electron chi connectivity index (χ1n) is 6.13. The van der Waals surface area contributed by atoms with Crippen molar-refractivity contribution in [1.82, 2.24) is 9.78 Å². The highest BCUT2D eigenvalue weighted by atomic mass is 79.9. The third-order valence-corrected chi connectivity index (χ3v) is 3.65. The number of nitrogens with zero attached hydrogens (tertiary/aromatic N) is 2. The zero-order valence-electron chi connectivity index (χ0n) is 10.6. The lowest BCUT2D eigenvalue weighted by Gasteiger charge is -2.02. The van der Waals surface area contributed by atoms with Crippen molar-refractivity contribution >= 4 is 33.8 Å². The Kier molecular flexibility index (Phi) is 4.77. The predicted octanol–water partition coefficient (Wildman–Crippen LogP) is 4.58. The molecule has 1 aromatic heterocycles. The van der Waals surface area contributed by atoms with Crippen LogP contribution in [-0.2, 0) is 6.54 Å². The molecule has 2 aromatic rings. The van der Waals surface area contributed by atoms with E-state index >= 15 is 0 Å². The highest BCUT2D eigenvalue weighted by Gasteiger charge is 2.13. The Labute approximate surface area is 125 Å². The van der Waals surface area contributed by atoms with Gasteiger partial charge in [-0.3, -0.25) is 9.48 Å². The summed E-state index contributed by atoms with van der Waals surface area (Å²) in [6.45, 7) is 2.93. The second-order valence-corrected chi connectivity index (χ2v) is 5.61. The fraction of sp³-hybridized carbons (Fsp3) is 0.286. The average Bonchev–Trinajstić information content (AvgIpc) is 2.79. The molecule has 2 rings (SSSR count). The minimum absolute atomic E-state index is 0.570. The van der Waals surface area contributed by atoms with Crippen LogP contribution in [0.25, 0.3) is 11.3 Å². The number of carbonyl (C=O) groups excluding carboxylic acids is 1. The highest BCUT2D eigenvalue weighted by Crippen LogP contribution is 2.31. The Bertz CT molecular complexity index is 595. The summed E-state index contributed by atoms with van der Waals surface area (Å²) in [5.41, 5.74) is 1.99. The molecule has 100 valence electrons. The molecule has 19 heavy (non-hydrogen) atoms. The topological polar surface area (TPSA) is 34.9 Å². The largest absolute Gasteiger partial charge is 0.298 e. The summed E-state index contributed by atoms with van der Waals surface area (Å²) in [5.74, 6) is 0. The number of aldehydes is 1. The third-order valence-electron chi connectivity index (χ3n) is 2.84. The van der Waals surface area contributed by atoms with E-state index in [4.69, 9.17) is 11.6 Å². The van der Waals surface area contributed by atoms with Crippen LogP contribution < -0.4 is 0 Å². The molecule has 0 amide bonds. The first kappa shape index (κ1) is 14.3. The van der Waals surface area contributed by atoms with Gasteiger partial charge in [-0.05, 0) is 18.6 Å². The van der Waals surface area contributed by atoms with Gasteiger partial charge < -0.3 is 0 Å². The van der Waals surface area contributed by atoms with E-state index in [-0.39, 0.29) is 0 Å². The third kappa shape index (κ3) is 3.25. The SMILES string of the molecule is CCCCn1cc(C=O)c(-c2ccc(Br)cc2Cl)n1. The molecule has 3 nitrogen and oxygen atoms in total. The Morgan fingerprint density at radius 1 is 1.47 bits per heavy atom. The molecule has 0 aliphatic rings. The van der Waals surface area contributed by atoms with E-state index < -0.39 is 0 Å². The van der Waals surface area contributed by atoms with Gasteiger partial charge in [0.2, 0.25) is 0 Å². The molecule has 0 saturated heterocycles. The Hall–Kier alpha value is -1.13. The van der Waals surface area contributed by atoms with Gasteiger partial charge in [-0.15, -0.1) is 0 Å². The standard InChI is InChI=1S/C14H14BrClN2O/c1-2-3-6-18-8-10(9-19)14(17-18)12-5-4-11(15)7-13(12)16/h4-5,7-9H,2-3,6H2,1H3. The zero-order valence-corrected chi connectivity index (χ0v) is 12.9. The Morgan fingerprint density at radius 2 is 2.26 bits per heavy atom. The van der Waals surface area contributed by atoms with E-state index in [2.05, 4.69) is 28.0 Å². The lowest BCUT2D eigenvalue weighted by molar-refractivity contribution is 0.112. The van der Waals surface area contributed by atoms with E-state index in [1.807, 2.05) is 12.1 Å². The van der Waals surface area contributed by atoms with Gasteiger partial charge in [0, 0.05) is 22.8 Å². The van der Waals surface area contributed by atoms with Crippen LogP contribution in [0.3, 0.4) is 0 Å². The summed E-state index contributed by atoms with van der Waals surface area (Å²) >= 11 is 9.58. The molecule has 0 N–H and O–H groups in total. The molecule has 0 spiro atoms. The average molecular weight is 342 g/mol. The smallest absolute Gasteiger partial charge is 0.153 e. The zero-order chi connectivity index (χ0) is 13.8. The van der Waals surface area contributed by atoms with Crippen LogP contribution in [0.15, 0.2) is 28.9 Å². The molecule has 0 radical (unpaired) electrons. The van der Waals surface area contributed by atoms with Crippen molar-refractivity contribution in [2.24, 2.45) is 0 Å². The molecule has 0 aliphatic heterocycles. The van der Waals surface area contributed by atoms with Crippen molar-refractivity contribution in [3.05, 3.63) is 39.5 Å². The molecule has 0 saturated carbocycles. The molecule has 5 heteroatoms. The van der Waals surface area contributed by atoms with Gasteiger partial charge in [0.05, 0.1) is 10.6 Å². The molecular weight excluding hydrogens is 328 g/mol. The Morgan fingerprint density at radius 3 is 2.89 bits per heavy atom. The fourth-order valence-electron chi connectivity index (χ4n) is 1.85. The minimum Gasteiger partial charge on any atom is -0.298 e. The second kappa shape index (κ2) is 6.35. The van der Waals surface area contributed by atoms with Crippen LogP contribution in [0.4, 0.5) is 0 Å². The van der Waals surface area contributed by atoms with Crippen molar-refractivity contribution < 1.29 is 4.79 Å². The van der Waals surface area contributed by atoms with E-state index in [9.17, 15) is 4.79 Å². The normalized spacial score (nSPS) is 10.7. The van der Waals surface area contributed by atoms with Crippen LogP contribution in [0.5, 0.6) is 0 Å². The number of hydrogen-bond donors (Lipinski definition) is 0. The van der Waals surface area contributed by atoms with Gasteiger partial charge in [0.1, 0.15) is 5.69 Å². The first-order valence-corrected chi connectivity index (χ1v) is 7.31. The summed E-state index contributed by atoms with van der Waals surface area (Å²) in [6.07, 6.45) is 4.72. The van der Waals surface area contributed by atoms with Gasteiger partial charge >= 0.3 is 0 Å². The quantitative estimate of drug-likeness (QED) is 0.746. The number of benzene rings is 1. The van der Waals surface area contributed by atoms with E-state index in [1.54, 1.807) is 16.9 Å². The number of halogens is 2. The number of rotatable bonds is 5. The number of hydrogen-bond acceptors (Lipinski definition) is 2. The van der Waals surface area contributed by atoms with Crippen LogP contribution in [-0.4, -0.2) is 16.1 Å². The molecule has 1 aromatic carbocycles. The van der Waals surface area contributed by atoms with Crippen molar-refractivity contribution in [3.63, 3.8) is 0 Å². The lowest BCUT2D eigenvalue weighted by atomic mass is 10.1. The summed E-state index contributed by atoms with van der Waals surface area (Å²) in [7, 11) is 0. The fourth-order valence-corrected chi connectivity index (χ4v) is 2.61. The van der Waals surface area contributed by atoms with E-state index in [0.29, 0.717) is 16.3 Å².